The number of fused-ring (bicyclic) bond motifs is 2. The van der Waals surface area contributed by atoms with Crippen LogP contribution in [0.4, 0.5) is 0 Å². The first-order valence-electron chi connectivity index (χ1n) is 19.8. The molecule has 3 aliphatic heterocycles. The Bertz CT molecular complexity index is 2500. The molecule has 4 aromatic rings. The summed E-state index contributed by atoms with van der Waals surface area (Å²) in [5, 5.41) is 69.7. The molecule has 0 amide bonds. The number of aliphatic imine (C=N–C) groups is 1. The molecule has 1 aromatic heterocycles. The number of carboxylic acids is 1. The normalized spacial score (nSPS) is 24.6. The molecule has 18 nitrogen and oxygen atoms in total. The minimum atomic E-state index is -2.77. The highest BCUT2D eigenvalue weighted by atomic mass is 16.8. The van der Waals surface area contributed by atoms with Crippen LogP contribution in [-0.2, 0) is 28.7 Å². The van der Waals surface area contributed by atoms with Crippen molar-refractivity contribution in [1.82, 2.24) is 5.32 Å². The lowest BCUT2D eigenvalue weighted by Crippen LogP contribution is -3.09. The number of nitrogens with one attached hydrogen (secondary N) is 2. The number of rotatable bonds is 16. The van der Waals surface area contributed by atoms with E-state index in [0.717, 1.165) is 22.3 Å². The zero-order valence-electron chi connectivity index (χ0n) is 33.8. The van der Waals surface area contributed by atoms with Crippen molar-refractivity contribution >= 4 is 41.1 Å². The maximum absolute atomic E-state index is 13.6. The molecule has 3 aromatic carbocycles. The second-order valence-electron chi connectivity index (χ2n) is 15.2. The first kappa shape index (κ1) is 44.0. The molecule has 8 N–H and O–H groups in total. The third-order valence-corrected chi connectivity index (χ3v) is 10.9. The van der Waals surface area contributed by atoms with Crippen molar-refractivity contribution in [2.24, 2.45) is 4.99 Å². The van der Waals surface area contributed by atoms with Gasteiger partial charge in [0.05, 0.1) is 17.1 Å². The largest absolute Gasteiger partial charge is 0.508 e. The van der Waals surface area contributed by atoms with E-state index >= 15 is 0 Å². The fourth-order valence-corrected chi connectivity index (χ4v) is 7.89. The highest BCUT2D eigenvalue weighted by Gasteiger charge is 2.65. The molecule has 1 saturated heterocycles. The predicted octanol–water partition coefficient (Wildman–Crippen LogP) is 0.821. The van der Waals surface area contributed by atoms with E-state index in [1.807, 2.05) is 32.0 Å². The zero-order valence-corrected chi connectivity index (χ0v) is 33.8. The van der Waals surface area contributed by atoms with Crippen molar-refractivity contribution in [3.05, 3.63) is 111 Å². The summed E-state index contributed by atoms with van der Waals surface area (Å²) in [5.41, 5.74) is 2.15. The fraction of sp³-hybridized carbons (Fsp3) is 0.341. The number of ether oxygens (including phenoxy) is 3. The Labute approximate surface area is 353 Å². The number of carbonyl (C=O) groups is 3. The Hall–Kier alpha value is -6.09. The number of carbonyl (C=O) groups excluding carboxylic acids is 2. The van der Waals surface area contributed by atoms with E-state index in [0.29, 0.717) is 23.2 Å². The molecular formula is C44H46N3O15+. The maximum atomic E-state index is 13.6. The molecule has 0 bridgehead atoms. The van der Waals surface area contributed by atoms with Crippen LogP contribution in [0.5, 0.6) is 11.5 Å². The van der Waals surface area contributed by atoms with Crippen molar-refractivity contribution in [2.45, 2.75) is 82.3 Å². The van der Waals surface area contributed by atoms with Crippen LogP contribution in [0, 0.1) is 13.8 Å². The van der Waals surface area contributed by atoms with Gasteiger partial charge in [0.25, 0.3) is 0 Å². The smallest absolute Gasteiger partial charge is 0.337 e. The number of hydrogen-bond donors (Lipinski definition) is 8. The molecule has 0 aliphatic carbocycles. The number of hydrogen-bond acceptors (Lipinski definition) is 16. The van der Waals surface area contributed by atoms with Gasteiger partial charge in [-0.05, 0) is 68.3 Å². The van der Waals surface area contributed by atoms with Crippen molar-refractivity contribution in [3.8, 4) is 22.6 Å². The van der Waals surface area contributed by atoms with Crippen molar-refractivity contribution in [1.29, 1.82) is 0 Å². The van der Waals surface area contributed by atoms with Gasteiger partial charge < -0.3 is 54.1 Å². The highest BCUT2D eigenvalue weighted by Crippen LogP contribution is 2.39. The molecule has 4 heterocycles. The number of phenolic OH excluding ortho intramolecular Hbond substituents is 1. The van der Waals surface area contributed by atoms with Gasteiger partial charge in [0, 0.05) is 36.4 Å². The van der Waals surface area contributed by atoms with Gasteiger partial charge in [0.1, 0.15) is 48.0 Å². The van der Waals surface area contributed by atoms with E-state index in [1.165, 1.54) is 43.5 Å². The zero-order chi connectivity index (χ0) is 44.5. The molecule has 0 spiro atoms. The van der Waals surface area contributed by atoms with Gasteiger partial charge in [0.15, 0.2) is 22.8 Å². The summed E-state index contributed by atoms with van der Waals surface area (Å²) < 4.78 is 23.4. The number of allylic oxidation sites excluding steroid dienone is 1. The lowest BCUT2D eigenvalue weighted by atomic mass is 9.78. The highest BCUT2D eigenvalue weighted by molar-refractivity contribution is 5.98. The summed E-state index contributed by atoms with van der Waals surface area (Å²) in [6.07, 6.45) is -7.52. The third kappa shape index (κ3) is 8.54. The van der Waals surface area contributed by atoms with Crippen LogP contribution in [0.15, 0.2) is 98.5 Å². The summed E-state index contributed by atoms with van der Waals surface area (Å²) in [5.74, 6) is -3.25. The Kier molecular flexibility index (Phi) is 12.8. The van der Waals surface area contributed by atoms with Crippen LogP contribution in [0.25, 0.3) is 27.8 Å². The monoisotopic (exact) mass is 856 g/mol. The quantitative estimate of drug-likeness (QED) is 0.0255. The Balaban J connectivity index is 1.28. The molecule has 3 aliphatic rings. The maximum Gasteiger partial charge on any atom is 0.337 e. The van der Waals surface area contributed by atoms with E-state index in [9.17, 15) is 49.8 Å². The van der Waals surface area contributed by atoms with Gasteiger partial charge in [-0.2, -0.15) is 9.90 Å². The standard InChI is InChI=1S/C44H45N3O15/c1-4-32(50)44(57)38(52)37(42(56)61-41(55)34(40(53)54)45-13-5-15-48)60-43(39(44)62-47-20-25-12-14-46-33(25)35(47)26-17-22(2)16-23(3)18-26)59-28-10-11-29-31(19-28)58-21-30(36(29)51)24-6-8-27(49)9-7-24/h6-12,14-19,21,32,34,37-39,42-43,45,49-50,52,56-57H,4-5,13,20H2,1-3H3,(H,53,54)/p+1. The molecule has 62 heavy (non-hydrogen) atoms. The molecule has 0 saturated carbocycles. The molecule has 1 fully saturated rings. The number of aromatic hydroxyl groups is 1. The van der Waals surface area contributed by atoms with Gasteiger partial charge in [-0.25, -0.2) is 14.6 Å². The number of aldehydes is 1. The molecular weight excluding hydrogens is 810 g/mol. The van der Waals surface area contributed by atoms with E-state index in [-0.39, 0.29) is 59.0 Å². The van der Waals surface area contributed by atoms with Crippen LogP contribution in [0.3, 0.4) is 0 Å². The Morgan fingerprint density at radius 1 is 1.06 bits per heavy atom. The minimum absolute atomic E-state index is 0.0113. The lowest BCUT2D eigenvalue weighted by molar-refractivity contribution is -1.04. The van der Waals surface area contributed by atoms with Crippen LogP contribution in [0.1, 0.15) is 36.5 Å². The number of nitrogens with zero attached hydrogens (tertiary/aromatic N) is 1. The first-order valence-corrected chi connectivity index (χ1v) is 19.8. The number of esters is 1. The second kappa shape index (κ2) is 18.1. The Morgan fingerprint density at radius 3 is 2.47 bits per heavy atom. The number of benzene rings is 3. The van der Waals surface area contributed by atoms with Crippen LogP contribution < -0.4 is 20.5 Å². The summed E-state index contributed by atoms with van der Waals surface area (Å²) >= 11 is 0. The van der Waals surface area contributed by atoms with E-state index in [4.69, 9.17) is 23.5 Å². The molecule has 7 rings (SSSR count). The second-order valence-corrected chi connectivity index (χ2v) is 15.2. The summed E-state index contributed by atoms with van der Waals surface area (Å²) in [6.45, 7) is 5.30. The third-order valence-electron chi connectivity index (χ3n) is 10.9. The number of carboxylic acid groups (broad SMARTS) is 1. The first-order chi connectivity index (χ1) is 29.6. The predicted molar refractivity (Wildman–Crippen MR) is 218 cm³/mol. The van der Waals surface area contributed by atoms with Crippen molar-refractivity contribution in [2.75, 3.05) is 13.1 Å². The summed E-state index contributed by atoms with van der Waals surface area (Å²) in [4.78, 5) is 60.6. The fourth-order valence-electron chi connectivity index (χ4n) is 7.89. The number of phenols is 1. The van der Waals surface area contributed by atoms with Crippen molar-refractivity contribution in [3.63, 3.8) is 0 Å². The number of aliphatic carboxylic acids is 1. The number of aliphatic hydroxyl groups excluding tert-OH is 3. The average Bonchev–Trinajstić information content (AvgIpc) is 3.83. The molecule has 9 unspecified atom stereocenters. The van der Waals surface area contributed by atoms with Gasteiger partial charge in [-0.1, -0.05) is 36.2 Å². The van der Waals surface area contributed by atoms with Crippen LogP contribution >= 0.6 is 0 Å². The van der Waals surface area contributed by atoms with Crippen molar-refractivity contribution < 1.29 is 73.6 Å². The number of hydroxylamine groups is 2. The van der Waals surface area contributed by atoms with Crippen LogP contribution in [-0.4, -0.2) is 117 Å². The van der Waals surface area contributed by atoms with Gasteiger partial charge in [-0.15, -0.1) is 0 Å². The number of aryl methyl sites for hydroxylation is 2. The van der Waals surface area contributed by atoms with Gasteiger partial charge in [0.2, 0.25) is 24.7 Å². The van der Waals surface area contributed by atoms with E-state index in [2.05, 4.69) is 10.3 Å². The van der Waals surface area contributed by atoms with E-state index in [1.54, 1.807) is 24.4 Å². The van der Waals surface area contributed by atoms with Crippen LogP contribution in [0.2, 0.25) is 0 Å². The summed E-state index contributed by atoms with van der Waals surface area (Å²) in [7, 11) is 0. The average molecular weight is 857 g/mol. The molecule has 18 heteroatoms. The molecule has 9 atom stereocenters. The summed E-state index contributed by atoms with van der Waals surface area (Å²) in [6, 6.07) is 13.9. The van der Waals surface area contributed by atoms with Gasteiger partial charge in [-0.3, -0.25) is 10.1 Å². The SMILES string of the molecule is CCC(O)C1(O)C(O)C(C(O)OC(=O)C(NCCC=O)C(=O)O)OC(Oc2ccc3c(=O)c(-c4ccc(O)cc4)coc3c2)C1O[NH+]1CC2=CC=NC2=C1c1cc(C)cc(C)c1. The minimum Gasteiger partial charge on any atom is -0.508 e. The van der Waals surface area contributed by atoms with Gasteiger partial charge >= 0.3 is 11.9 Å². The van der Waals surface area contributed by atoms with E-state index < -0.39 is 66.0 Å². The Morgan fingerprint density at radius 2 is 1.79 bits per heavy atom. The lowest BCUT2D eigenvalue weighted by Gasteiger charge is -2.51. The number of quaternary nitrogens is 1. The topological polar surface area (TPSA) is 269 Å². The molecule has 0 radical (unpaired) electrons. The molecule has 326 valence electrons. The number of aliphatic hydroxyl groups is 4.